The van der Waals surface area contributed by atoms with Crippen molar-refractivity contribution >= 4 is 20.9 Å². The number of hydrogen-bond donors (Lipinski definition) is 1. The van der Waals surface area contributed by atoms with Crippen LogP contribution in [0.2, 0.25) is 0 Å². The van der Waals surface area contributed by atoms with Gasteiger partial charge in [-0.15, -0.1) is 0 Å². The molecule has 0 spiro atoms. The second-order valence-corrected chi connectivity index (χ2v) is 10.6. The molecule has 6 nitrogen and oxygen atoms in total. The van der Waals surface area contributed by atoms with Gasteiger partial charge in [-0.1, -0.05) is 60.7 Å². The molecule has 1 N–H and O–H groups in total. The molecule has 0 aliphatic heterocycles. The minimum absolute atomic E-state index is 0.117. The van der Waals surface area contributed by atoms with E-state index >= 15 is 0 Å². The Morgan fingerprint density at radius 2 is 1.59 bits per heavy atom. The first-order valence-electron chi connectivity index (χ1n) is 11.9. The average molecular weight is 516 g/mol. The maximum absolute atomic E-state index is 13.3. The minimum Gasteiger partial charge on any atom is -0.484 e. The molecule has 0 amide bonds. The van der Waals surface area contributed by atoms with Crippen LogP contribution in [0.4, 0.5) is 4.39 Å². The van der Waals surface area contributed by atoms with Gasteiger partial charge < -0.3 is 4.74 Å². The Morgan fingerprint density at radius 1 is 0.919 bits per heavy atom. The minimum atomic E-state index is -3.61. The van der Waals surface area contributed by atoms with Crippen LogP contribution in [0.1, 0.15) is 24.2 Å². The molecule has 2 atom stereocenters. The quantitative estimate of drug-likeness (QED) is 0.270. The van der Waals surface area contributed by atoms with E-state index in [1.165, 1.54) is 12.1 Å². The van der Waals surface area contributed by atoms with E-state index in [0.29, 0.717) is 11.3 Å². The number of sulfonamides is 1. The summed E-state index contributed by atoms with van der Waals surface area (Å²) in [6.07, 6.45) is 1.14. The number of hydrogen-bond acceptors (Lipinski definition) is 4. The van der Waals surface area contributed by atoms with Gasteiger partial charge in [-0.25, -0.2) is 22.2 Å². The molecule has 1 heterocycles. The van der Waals surface area contributed by atoms with Crippen molar-refractivity contribution in [3.8, 4) is 11.4 Å². The average Bonchev–Trinajstić information content (AvgIpc) is 3.31. The maximum atomic E-state index is 13.3. The number of aromatic nitrogens is 2. The van der Waals surface area contributed by atoms with Crippen LogP contribution >= 0.6 is 0 Å². The molecule has 0 saturated carbocycles. The summed E-state index contributed by atoms with van der Waals surface area (Å²) < 4.78 is 50.1. The summed E-state index contributed by atoms with van der Waals surface area (Å²) in [5.74, 6) is 0.152. The van der Waals surface area contributed by atoms with E-state index in [9.17, 15) is 12.8 Å². The SMILES string of the molecule is C[C@H](NS(=O)(=O)Cc1ccccc1)[C@H](Oc1ccc2c(cnn2-c2ccc(F)cc2)c1)c1ccccc1. The van der Waals surface area contributed by atoms with Crippen LogP contribution in [0.15, 0.2) is 109 Å². The van der Waals surface area contributed by atoms with E-state index in [1.807, 2.05) is 66.7 Å². The van der Waals surface area contributed by atoms with E-state index in [2.05, 4.69) is 9.82 Å². The molecule has 0 saturated heterocycles. The van der Waals surface area contributed by atoms with Gasteiger partial charge >= 0.3 is 0 Å². The summed E-state index contributed by atoms with van der Waals surface area (Å²) >= 11 is 0. The van der Waals surface area contributed by atoms with E-state index in [4.69, 9.17) is 4.74 Å². The van der Waals surface area contributed by atoms with Gasteiger partial charge in [0.1, 0.15) is 17.7 Å². The summed E-state index contributed by atoms with van der Waals surface area (Å²) in [5.41, 5.74) is 3.14. The Hall–Kier alpha value is -4.01. The smallest absolute Gasteiger partial charge is 0.216 e. The van der Waals surface area contributed by atoms with Crippen molar-refractivity contribution in [3.05, 3.63) is 126 Å². The molecular formula is C29H26FN3O3S. The second kappa shape index (κ2) is 10.5. The van der Waals surface area contributed by atoms with Crippen LogP contribution in [0, 0.1) is 5.82 Å². The summed E-state index contributed by atoms with van der Waals surface area (Å²) in [4.78, 5) is 0. The highest BCUT2D eigenvalue weighted by Gasteiger charge is 2.26. The van der Waals surface area contributed by atoms with Crippen LogP contribution in [-0.4, -0.2) is 24.2 Å². The van der Waals surface area contributed by atoms with Crippen LogP contribution in [0.5, 0.6) is 5.75 Å². The predicted molar refractivity (Wildman–Crippen MR) is 143 cm³/mol. The molecule has 37 heavy (non-hydrogen) atoms. The molecule has 0 aliphatic carbocycles. The first-order valence-corrected chi connectivity index (χ1v) is 13.5. The zero-order valence-electron chi connectivity index (χ0n) is 20.2. The first-order chi connectivity index (χ1) is 17.9. The monoisotopic (exact) mass is 515 g/mol. The Kier molecular flexibility index (Phi) is 7.03. The van der Waals surface area contributed by atoms with E-state index in [-0.39, 0.29) is 11.6 Å². The topological polar surface area (TPSA) is 73.2 Å². The highest BCUT2D eigenvalue weighted by Crippen LogP contribution is 2.29. The largest absolute Gasteiger partial charge is 0.484 e. The van der Waals surface area contributed by atoms with Crippen molar-refractivity contribution in [2.75, 3.05) is 0 Å². The van der Waals surface area contributed by atoms with E-state index < -0.39 is 22.2 Å². The van der Waals surface area contributed by atoms with Crippen molar-refractivity contribution in [1.82, 2.24) is 14.5 Å². The lowest BCUT2D eigenvalue weighted by Gasteiger charge is -2.26. The van der Waals surface area contributed by atoms with E-state index in [1.54, 1.807) is 42.1 Å². The van der Waals surface area contributed by atoms with Crippen molar-refractivity contribution in [2.45, 2.75) is 24.8 Å². The highest BCUT2D eigenvalue weighted by molar-refractivity contribution is 7.88. The number of fused-ring (bicyclic) bond motifs is 1. The Bertz CT molecular complexity index is 1590. The molecule has 188 valence electrons. The molecule has 0 aliphatic rings. The summed E-state index contributed by atoms with van der Waals surface area (Å²) in [5, 5.41) is 5.28. The number of halogens is 1. The zero-order valence-corrected chi connectivity index (χ0v) is 21.0. The summed E-state index contributed by atoms with van der Waals surface area (Å²) in [7, 11) is -3.61. The molecule has 0 radical (unpaired) electrons. The third-order valence-electron chi connectivity index (χ3n) is 6.02. The lowest BCUT2D eigenvalue weighted by atomic mass is 10.0. The third kappa shape index (κ3) is 5.87. The summed E-state index contributed by atoms with van der Waals surface area (Å²) in [6, 6.07) is 29.7. The van der Waals surface area contributed by atoms with Crippen LogP contribution in [0.3, 0.4) is 0 Å². The molecule has 0 fully saturated rings. The van der Waals surface area contributed by atoms with Crippen LogP contribution < -0.4 is 9.46 Å². The first kappa shape index (κ1) is 24.7. The van der Waals surface area contributed by atoms with Crippen molar-refractivity contribution in [1.29, 1.82) is 0 Å². The molecule has 0 unspecified atom stereocenters. The lowest BCUT2D eigenvalue weighted by molar-refractivity contribution is 0.173. The van der Waals surface area contributed by atoms with Gasteiger partial charge in [-0.2, -0.15) is 5.10 Å². The van der Waals surface area contributed by atoms with Gasteiger partial charge in [0, 0.05) is 5.39 Å². The normalized spacial score (nSPS) is 13.4. The van der Waals surface area contributed by atoms with Crippen LogP contribution in [-0.2, 0) is 15.8 Å². The van der Waals surface area contributed by atoms with Crippen molar-refractivity contribution in [2.24, 2.45) is 0 Å². The predicted octanol–water partition coefficient (Wildman–Crippen LogP) is 5.79. The van der Waals surface area contributed by atoms with Crippen molar-refractivity contribution < 1.29 is 17.5 Å². The molecular weight excluding hydrogens is 489 g/mol. The lowest BCUT2D eigenvalue weighted by Crippen LogP contribution is -2.39. The standard InChI is InChI=1S/C29H26FN3O3S/c1-21(32-37(34,35)20-22-8-4-2-5-9-22)29(23-10-6-3-7-11-23)36-27-16-17-28-24(18-27)19-31-33(28)26-14-12-25(30)13-15-26/h2-19,21,29,32H,20H2,1H3/t21-,29-/m0/s1. The van der Waals surface area contributed by atoms with Gasteiger partial charge in [-0.05, 0) is 60.5 Å². The van der Waals surface area contributed by atoms with Gasteiger partial charge in [0.15, 0.2) is 0 Å². The fraction of sp³-hybridized carbons (Fsp3) is 0.138. The molecule has 5 rings (SSSR count). The number of benzene rings is 4. The fourth-order valence-electron chi connectivity index (χ4n) is 4.30. The molecule has 8 heteroatoms. The zero-order chi connectivity index (χ0) is 25.8. The number of nitrogens with one attached hydrogen (secondary N) is 1. The number of nitrogens with zero attached hydrogens (tertiary/aromatic N) is 2. The van der Waals surface area contributed by atoms with Gasteiger partial charge in [-0.3, -0.25) is 0 Å². The van der Waals surface area contributed by atoms with Crippen molar-refractivity contribution in [3.63, 3.8) is 0 Å². The summed E-state index contributed by atoms with van der Waals surface area (Å²) in [6.45, 7) is 1.80. The fourth-order valence-corrected chi connectivity index (χ4v) is 5.71. The van der Waals surface area contributed by atoms with Gasteiger partial charge in [0.05, 0.1) is 29.2 Å². The molecule has 0 bridgehead atoms. The highest BCUT2D eigenvalue weighted by atomic mass is 32.2. The molecule has 1 aromatic heterocycles. The second-order valence-electron chi connectivity index (χ2n) is 8.85. The molecule has 5 aromatic rings. The van der Waals surface area contributed by atoms with E-state index in [0.717, 1.165) is 22.2 Å². The third-order valence-corrected chi connectivity index (χ3v) is 7.47. The number of rotatable bonds is 9. The Morgan fingerprint density at radius 3 is 2.30 bits per heavy atom. The van der Waals surface area contributed by atoms with Crippen LogP contribution in [0.25, 0.3) is 16.6 Å². The van der Waals surface area contributed by atoms with Gasteiger partial charge in [0.25, 0.3) is 0 Å². The Labute approximate surface area is 215 Å². The number of ether oxygens (including phenoxy) is 1. The maximum Gasteiger partial charge on any atom is 0.216 e. The molecule has 4 aromatic carbocycles. The Balaban J connectivity index is 1.40. The van der Waals surface area contributed by atoms with Gasteiger partial charge in [0.2, 0.25) is 10.0 Å².